The van der Waals surface area contributed by atoms with Crippen molar-refractivity contribution in [1.82, 2.24) is 15.1 Å². The molecule has 6 nitrogen and oxygen atoms in total. The summed E-state index contributed by atoms with van der Waals surface area (Å²) < 4.78 is 5.29. The molecule has 0 fully saturated rings. The Balaban J connectivity index is 2.01. The second kappa shape index (κ2) is 7.66. The van der Waals surface area contributed by atoms with Crippen molar-refractivity contribution in [3.63, 3.8) is 0 Å². The SMILES string of the molecule is CCCc1nc(-c2c(C)cc(C)nc2NC(=O)c2ccccc2Cl)no1. The minimum atomic E-state index is -0.341. The maximum Gasteiger partial charge on any atom is 0.258 e. The highest BCUT2D eigenvalue weighted by Crippen LogP contribution is 2.29. The molecule has 1 aromatic carbocycles. The lowest BCUT2D eigenvalue weighted by atomic mass is 10.1. The highest BCUT2D eigenvalue weighted by atomic mass is 35.5. The van der Waals surface area contributed by atoms with Crippen molar-refractivity contribution in [3.05, 3.63) is 58.1 Å². The number of anilines is 1. The average Bonchev–Trinajstić information content (AvgIpc) is 3.03. The molecular weight excluding hydrogens is 352 g/mol. The first kappa shape index (κ1) is 18.1. The van der Waals surface area contributed by atoms with E-state index in [9.17, 15) is 4.79 Å². The van der Waals surface area contributed by atoms with Crippen LogP contribution in [0.15, 0.2) is 34.9 Å². The predicted octanol–water partition coefficient (Wildman–Crippen LogP) is 4.61. The number of pyridine rings is 1. The van der Waals surface area contributed by atoms with E-state index in [-0.39, 0.29) is 5.91 Å². The number of aryl methyl sites for hydroxylation is 3. The zero-order chi connectivity index (χ0) is 18.7. The second-order valence-corrected chi connectivity index (χ2v) is 6.41. The number of hydrogen-bond acceptors (Lipinski definition) is 5. The quantitative estimate of drug-likeness (QED) is 0.709. The number of rotatable bonds is 5. The van der Waals surface area contributed by atoms with E-state index in [1.165, 1.54) is 0 Å². The molecule has 2 aromatic heterocycles. The molecule has 134 valence electrons. The molecule has 0 aliphatic carbocycles. The maximum atomic E-state index is 12.6. The molecule has 0 saturated heterocycles. The molecule has 0 bridgehead atoms. The van der Waals surface area contributed by atoms with Gasteiger partial charge in [0.1, 0.15) is 5.82 Å². The van der Waals surface area contributed by atoms with Crippen molar-refractivity contribution in [1.29, 1.82) is 0 Å². The van der Waals surface area contributed by atoms with Gasteiger partial charge in [-0.1, -0.05) is 35.8 Å². The summed E-state index contributed by atoms with van der Waals surface area (Å²) in [5.41, 5.74) is 2.69. The molecule has 26 heavy (non-hydrogen) atoms. The normalized spacial score (nSPS) is 10.8. The lowest BCUT2D eigenvalue weighted by Crippen LogP contribution is -2.15. The lowest BCUT2D eigenvalue weighted by molar-refractivity contribution is 0.102. The minimum Gasteiger partial charge on any atom is -0.339 e. The van der Waals surface area contributed by atoms with Gasteiger partial charge in [0.05, 0.1) is 16.1 Å². The minimum absolute atomic E-state index is 0.341. The second-order valence-electron chi connectivity index (χ2n) is 6.00. The average molecular weight is 371 g/mol. The van der Waals surface area contributed by atoms with E-state index >= 15 is 0 Å². The van der Waals surface area contributed by atoms with Gasteiger partial charge in [-0.05, 0) is 44.0 Å². The summed E-state index contributed by atoms with van der Waals surface area (Å²) in [6, 6.07) is 8.77. The summed E-state index contributed by atoms with van der Waals surface area (Å²) >= 11 is 6.12. The van der Waals surface area contributed by atoms with Crippen LogP contribution >= 0.6 is 11.6 Å². The molecule has 0 spiro atoms. The molecule has 1 N–H and O–H groups in total. The van der Waals surface area contributed by atoms with Gasteiger partial charge in [-0.3, -0.25) is 4.79 Å². The number of benzene rings is 1. The highest BCUT2D eigenvalue weighted by molar-refractivity contribution is 6.34. The van der Waals surface area contributed by atoms with Gasteiger partial charge >= 0.3 is 0 Å². The molecule has 3 rings (SSSR count). The van der Waals surface area contributed by atoms with Crippen molar-refractivity contribution in [3.8, 4) is 11.4 Å². The summed E-state index contributed by atoms with van der Waals surface area (Å²) in [5, 5.41) is 7.26. The van der Waals surface area contributed by atoms with Gasteiger partial charge in [0.2, 0.25) is 11.7 Å². The van der Waals surface area contributed by atoms with Crippen LogP contribution in [0.4, 0.5) is 5.82 Å². The monoisotopic (exact) mass is 370 g/mol. The largest absolute Gasteiger partial charge is 0.339 e. The van der Waals surface area contributed by atoms with Crippen molar-refractivity contribution in [2.24, 2.45) is 0 Å². The number of amides is 1. The van der Waals surface area contributed by atoms with Gasteiger partial charge in [0.25, 0.3) is 5.91 Å². The third-order valence-electron chi connectivity index (χ3n) is 3.85. The molecule has 0 aliphatic rings. The first-order chi connectivity index (χ1) is 12.5. The van der Waals surface area contributed by atoms with Gasteiger partial charge in [0.15, 0.2) is 0 Å². The van der Waals surface area contributed by atoms with E-state index in [1.807, 2.05) is 26.8 Å². The molecule has 7 heteroatoms. The number of halogens is 1. The van der Waals surface area contributed by atoms with Gasteiger partial charge < -0.3 is 9.84 Å². The first-order valence-electron chi connectivity index (χ1n) is 8.36. The molecule has 0 atom stereocenters. The number of carbonyl (C=O) groups is 1. The maximum absolute atomic E-state index is 12.6. The van der Waals surface area contributed by atoms with E-state index in [0.717, 1.165) is 17.7 Å². The van der Waals surface area contributed by atoms with E-state index in [2.05, 4.69) is 20.4 Å². The van der Waals surface area contributed by atoms with E-state index in [1.54, 1.807) is 24.3 Å². The standard InChI is InChI=1S/C19H19ClN4O2/c1-4-7-15-22-18(24-26-15)16-11(2)10-12(3)21-17(16)23-19(25)13-8-5-6-9-14(13)20/h5-6,8-10H,4,7H2,1-3H3,(H,21,23,25). The fourth-order valence-electron chi connectivity index (χ4n) is 2.70. The summed E-state index contributed by atoms with van der Waals surface area (Å²) in [7, 11) is 0. The third-order valence-corrected chi connectivity index (χ3v) is 4.18. The van der Waals surface area contributed by atoms with E-state index < -0.39 is 0 Å². The van der Waals surface area contributed by atoms with Crippen molar-refractivity contribution in [2.45, 2.75) is 33.6 Å². The topological polar surface area (TPSA) is 80.9 Å². The summed E-state index contributed by atoms with van der Waals surface area (Å²) in [6.45, 7) is 5.82. The van der Waals surface area contributed by atoms with Crippen LogP contribution in [-0.2, 0) is 6.42 Å². The third kappa shape index (κ3) is 3.75. The van der Waals surface area contributed by atoms with Crippen LogP contribution in [0.25, 0.3) is 11.4 Å². The number of carbonyl (C=O) groups excluding carboxylic acids is 1. The summed E-state index contributed by atoms with van der Waals surface area (Å²) in [5.74, 6) is 1.02. The Bertz CT molecular complexity index is 952. The van der Waals surface area contributed by atoms with Crippen LogP contribution in [-0.4, -0.2) is 21.0 Å². The summed E-state index contributed by atoms with van der Waals surface area (Å²) in [4.78, 5) is 21.5. The molecule has 3 aromatic rings. The van der Waals surface area contributed by atoms with Crippen molar-refractivity contribution >= 4 is 23.3 Å². The Hall–Kier alpha value is -2.73. The van der Waals surface area contributed by atoms with Gasteiger partial charge in [-0.15, -0.1) is 0 Å². The Morgan fingerprint density at radius 1 is 1.23 bits per heavy atom. The molecule has 0 aliphatic heterocycles. The Kier molecular flexibility index (Phi) is 5.32. The molecule has 0 saturated carbocycles. The van der Waals surface area contributed by atoms with E-state index in [4.69, 9.17) is 16.1 Å². The first-order valence-corrected chi connectivity index (χ1v) is 8.74. The Labute approximate surface area is 156 Å². The van der Waals surface area contributed by atoms with Crippen molar-refractivity contribution < 1.29 is 9.32 Å². The Morgan fingerprint density at radius 3 is 2.73 bits per heavy atom. The van der Waals surface area contributed by atoms with Crippen LogP contribution in [0.2, 0.25) is 5.02 Å². The zero-order valence-electron chi connectivity index (χ0n) is 14.8. The predicted molar refractivity (Wildman–Crippen MR) is 100 cm³/mol. The van der Waals surface area contributed by atoms with Crippen LogP contribution < -0.4 is 5.32 Å². The number of nitrogens with one attached hydrogen (secondary N) is 1. The number of hydrogen-bond donors (Lipinski definition) is 1. The van der Waals surface area contributed by atoms with Crippen LogP contribution in [0.1, 0.15) is 40.9 Å². The number of nitrogens with zero attached hydrogens (tertiary/aromatic N) is 3. The fraction of sp³-hybridized carbons (Fsp3) is 0.263. The van der Waals surface area contributed by atoms with Crippen LogP contribution in [0, 0.1) is 13.8 Å². The molecule has 0 radical (unpaired) electrons. The zero-order valence-corrected chi connectivity index (χ0v) is 15.6. The highest BCUT2D eigenvalue weighted by Gasteiger charge is 2.20. The van der Waals surface area contributed by atoms with Crippen LogP contribution in [0.3, 0.4) is 0 Å². The molecule has 2 heterocycles. The summed E-state index contributed by atoms with van der Waals surface area (Å²) in [6.07, 6.45) is 1.61. The van der Waals surface area contributed by atoms with Gasteiger partial charge in [0, 0.05) is 12.1 Å². The molecular formula is C19H19ClN4O2. The smallest absolute Gasteiger partial charge is 0.258 e. The number of aromatic nitrogens is 3. The molecule has 0 unspecified atom stereocenters. The van der Waals surface area contributed by atoms with Gasteiger partial charge in [-0.2, -0.15) is 4.98 Å². The van der Waals surface area contributed by atoms with Gasteiger partial charge in [-0.25, -0.2) is 4.98 Å². The van der Waals surface area contributed by atoms with E-state index in [0.29, 0.717) is 40.1 Å². The van der Waals surface area contributed by atoms with Crippen molar-refractivity contribution in [2.75, 3.05) is 5.32 Å². The molecule has 1 amide bonds. The van der Waals surface area contributed by atoms with Crippen LogP contribution in [0.5, 0.6) is 0 Å². The lowest BCUT2D eigenvalue weighted by Gasteiger charge is -2.12. The fourth-order valence-corrected chi connectivity index (χ4v) is 2.92. The Morgan fingerprint density at radius 2 is 2.00 bits per heavy atom.